The fourth-order valence-electron chi connectivity index (χ4n) is 3.07. The highest BCUT2D eigenvalue weighted by molar-refractivity contribution is 5.49. The number of hydrogen-bond acceptors (Lipinski definition) is 2. The van der Waals surface area contributed by atoms with Gasteiger partial charge < -0.3 is 9.84 Å². The van der Waals surface area contributed by atoms with Gasteiger partial charge in [-0.3, -0.25) is 0 Å². The zero-order valence-electron chi connectivity index (χ0n) is 9.88. The lowest BCUT2D eigenvalue weighted by atomic mass is 9.78. The molecule has 0 aromatic heterocycles. The van der Waals surface area contributed by atoms with Crippen LogP contribution in [0.1, 0.15) is 24.8 Å². The standard InChI is InChI=1S/C15H18O2/c16-11-15-9-8-14(17-15)10-13(15)7-6-12-4-2-1-3-5-12/h1-7,13-14,16H,8-11H2/t13-,14-,15-/m0/s1. The number of benzene rings is 1. The topological polar surface area (TPSA) is 29.5 Å². The van der Waals surface area contributed by atoms with Crippen LogP contribution in [0, 0.1) is 5.92 Å². The summed E-state index contributed by atoms with van der Waals surface area (Å²) in [6, 6.07) is 10.3. The van der Waals surface area contributed by atoms with Crippen molar-refractivity contribution in [2.75, 3.05) is 6.61 Å². The lowest BCUT2D eigenvalue weighted by Crippen LogP contribution is -2.36. The Morgan fingerprint density at radius 1 is 1.35 bits per heavy atom. The second-order valence-electron chi connectivity index (χ2n) is 5.11. The predicted molar refractivity (Wildman–Crippen MR) is 67.5 cm³/mol. The average molecular weight is 230 g/mol. The van der Waals surface area contributed by atoms with Crippen LogP contribution < -0.4 is 0 Å². The van der Waals surface area contributed by atoms with Crippen molar-refractivity contribution >= 4 is 6.08 Å². The molecule has 0 unspecified atom stereocenters. The van der Waals surface area contributed by atoms with Crippen molar-refractivity contribution in [1.29, 1.82) is 0 Å². The molecule has 2 heterocycles. The summed E-state index contributed by atoms with van der Waals surface area (Å²) in [5, 5.41) is 9.55. The molecule has 0 aliphatic carbocycles. The monoisotopic (exact) mass is 230 g/mol. The number of fused-ring (bicyclic) bond motifs is 2. The molecule has 3 rings (SSSR count). The van der Waals surface area contributed by atoms with E-state index >= 15 is 0 Å². The smallest absolute Gasteiger partial charge is 0.0979 e. The summed E-state index contributed by atoms with van der Waals surface area (Å²) in [6.45, 7) is 0.146. The van der Waals surface area contributed by atoms with Gasteiger partial charge in [-0.15, -0.1) is 0 Å². The van der Waals surface area contributed by atoms with Gasteiger partial charge in [-0.2, -0.15) is 0 Å². The second-order valence-corrected chi connectivity index (χ2v) is 5.11. The number of aliphatic hydroxyl groups excluding tert-OH is 1. The summed E-state index contributed by atoms with van der Waals surface area (Å²) in [7, 11) is 0. The van der Waals surface area contributed by atoms with Gasteiger partial charge >= 0.3 is 0 Å². The van der Waals surface area contributed by atoms with E-state index < -0.39 is 0 Å². The Bertz CT molecular complexity index is 412. The number of aliphatic hydroxyl groups is 1. The van der Waals surface area contributed by atoms with Crippen LogP contribution in [0.2, 0.25) is 0 Å². The van der Waals surface area contributed by atoms with Crippen LogP contribution in [0.4, 0.5) is 0 Å². The Morgan fingerprint density at radius 3 is 2.88 bits per heavy atom. The Labute approximate surface area is 102 Å². The fraction of sp³-hybridized carbons (Fsp3) is 0.467. The molecule has 90 valence electrons. The summed E-state index contributed by atoms with van der Waals surface area (Å²) < 4.78 is 5.91. The minimum Gasteiger partial charge on any atom is -0.393 e. The van der Waals surface area contributed by atoms with Crippen molar-refractivity contribution in [2.45, 2.75) is 31.0 Å². The lowest BCUT2D eigenvalue weighted by molar-refractivity contribution is -0.0405. The first-order chi connectivity index (χ1) is 8.32. The van der Waals surface area contributed by atoms with Crippen molar-refractivity contribution in [3.8, 4) is 0 Å². The van der Waals surface area contributed by atoms with Crippen LogP contribution in [-0.4, -0.2) is 23.4 Å². The van der Waals surface area contributed by atoms with Gasteiger partial charge in [-0.05, 0) is 24.8 Å². The van der Waals surface area contributed by atoms with E-state index in [1.807, 2.05) is 18.2 Å². The summed E-state index contributed by atoms with van der Waals surface area (Å²) in [6.07, 6.45) is 7.89. The minimum absolute atomic E-state index is 0.146. The largest absolute Gasteiger partial charge is 0.393 e. The van der Waals surface area contributed by atoms with Crippen LogP contribution in [-0.2, 0) is 4.74 Å². The first-order valence-corrected chi connectivity index (χ1v) is 6.34. The molecule has 0 spiro atoms. The Morgan fingerprint density at radius 2 is 2.18 bits per heavy atom. The molecule has 2 heteroatoms. The fourth-order valence-corrected chi connectivity index (χ4v) is 3.07. The van der Waals surface area contributed by atoms with E-state index in [0.717, 1.165) is 19.3 Å². The molecule has 2 nitrogen and oxygen atoms in total. The van der Waals surface area contributed by atoms with Gasteiger partial charge in [-0.25, -0.2) is 0 Å². The van der Waals surface area contributed by atoms with Crippen LogP contribution in [0.5, 0.6) is 0 Å². The molecule has 1 N–H and O–H groups in total. The third kappa shape index (κ3) is 1.92. The molecule has 2 aliphatic rings. The third-order valence-electron chi connectivity index (χ3n) is 4.07. The van der Waals surface area contributed by atoms with E-state index in [-0.39, 0.29) is 12.2 Å². The summed E-state index contributed by atoms with van der Waals surface area (Å²) >= 11 is 0. The molecule has 0 radical (unpaired) electrons. The molecule has 2 fully saturated rings. The molecule has 17 heavy (non-hydrogen) atoms. The Kier molecular flexibility index (Phi) is 2.77. The molecule has 2 saturated heterocycles. The number of ether oxygens (including phenoxy) is 1. The van der Waals surface area contributed by atoms with Gasteiger partial charge in [0.1, 0.15) is 0 Å². The first kappa shape index (κ1) is 11.0. The third-order valence-corrected chi connectivity index (χ3v) is 4.07. The van der Waals surface area contributed by atoms with Crippen molar-refractivity contribution in [3.63, 3.8) is 0 Å². The van der Waals surface area contributed by atoms with Gasteiger partial charge in [-0.1, -0.05) is 42.5 Å². The molecule has 0 amide bonds. The summed E-state index contributed by atoms with van der Waals surface area (Å²) in [5.74, 6) is 0.367. The molecule has 1 aromatic rings. The molecule has 2 aliphatic heterocycles. The quantitative estimate of drug-likeness (QED) is 0.865. The lowest BCUT2D eigenvalue weighted by Gasteiger charge is -2.28. The van der Waals surface area contributed by atoms with Crippen molar-refractivity contribution in [2.24, 2.45) is 5.92 Å². The van der Waals surface area contributed by atoms with E-state index in [9.17, 15) is 5.11 Å². The molecule has 2 bridgehead atoms. The normalized spacial score (nSPS) is 35.8. The second kappa shape index (κ2) is 4.28. The van der Waals surface area contributed by atoms with E-state index in [4.69, 9.17) is 4.74 Å². The van der Waals surface area contributed by atoms with E-state index in [2.05, 4.69) is 24.3 Å². The highest BCUT2D eigenvalue weighted by Crippen LogP contribution is 2.48. The SMILES string of the molecule is OC[C@@]12CC[C@@H](C[C@@H]1C=Cc1ccccc1)O2. The molecular formula is C15H18O2. The highest BCUT2D eigenvalue weighted by Gasteiger charge is 2.51. The van der Waals surface area contributed by atoms with Gasteiger partial charge in [0, 0.05) is 5.92 Å². The van der Waals surface area contributed by atoms with Crippen LogP contribution >= 0.6 is 0 Å². The maximum Gasteiger partial charge on any atom is 0.0979 e. The number of hydrogen-bond donors (Lipinski definition) is 1. The zero-order valence-corrected chi connectivity index (χ0v) is 9.88. The van der Waals surface area contributed by atoms with Crippen LogP contribution in [0.3, 0.4) is 0 Å². The first-order valence-electron chi connectivity index (χ1n) is 6.34. The average Bonchev–Trinajstić information content (AvgIpc) is 2.96. The Hall–Kier alpha value is -1.12. The molecular weight excluding hydrogens is 212 g/mol. The molecule has 0 saturated carbocycles. The van der Waals surface area contributed by atoms with E-state index in [1.54, 1.807) is 0 Å². The summed E-state index contributed by atoms with van der Waals surface area (Å²) in [5.41, 5.74) is 0.930. The van der Waals surface area contributed by atoms with Crippen molar-refractivity contribution in [3.05, 3.63) is 42.0 Å². The molecule has 1 aromatic carbocycles. The van der Waals surface area contributed by atoms with Crippen LogP contribution in [0.25, 0.3) is 6.08 Å². The highest BCUT2D eigenvalue weighted by atomic mass is 16.5. The van der Waals surface area contributed by atoms with Gasteiger partial charge in [0.2, 0.25) is 0 Å². The Balaban J connectivity index is 1.76. The van der Waals surface area contributed by atoms with Crippen molar-refractivity contribution in [1.82, 2.24) is 0 Å². The summed E-state index contributed by atoms with van der Waals surface area (Å²) in [4.78, 5) is 0. The number of rotatable bonds is 3. The maximum atomic E-state index is 9.55. The van der Waals surface area contributed by atoms with Gasteiger partial charge in [0.15, 0.2) is 0 Å². The maximum absolute atomic E-state index is 9.55. The minimum atomic E-state index is -0.282. The zero-order chi connectivity index (χ0) is 11.7. The van der Waals surface area contributed by atoms with Crippen molar-refractivity contribution < 1.29 is 9.84 Å². The van der Waals surface area contributed by atoms with Gasteiger partial charge in [0.25, 0.3) is 0 Å². The van der Waals surface area contributed by atoms with Gasteiger partial charge in [0.05, 0.1) is 18.3 Å². The predicted octanol–water partition coefficient (Wildman–Crippen LogP) is 2.63. The van der Waals surface area contributed by atoms with E-state index in [0.29, 0.717) is 12.0 Å². The van der Waals surface area contributed by atoms with Crippen LogP contribution in [0.15, 0.2) is 36.4 Å². The van der Waals surface area contributed by atoms with E-state index in [1.165, 1.54) is 5.56 Å². The molecule has 3 atom stereocenters.